The highest BCUT2D eigenvalue weighted by atomic mass is 32.2. The Morgan fingerprint density at radius 3 is 2.47 bits per heavy atom. The Balaban J connectivity index is 2.21. The van der Waals surface area contributed by atoms with Crippen LogP contribution in [-0.2, 0) is 14.3 Å². The summed E-state index contributed by atoms with van der Waals surface area (Å²) in [6.45, 7) is 10.6. The molecule has 2 atom stereocenters. The van der Waals surface area contributed by atoms with Crippen LogP contribution >= 0.6 is 11.9 Å². The van der Waals surface area contributed by atoms with E-state index < -0.39 is 17.4 Å². The Kier molecular flexibility index (Phi) is 9.43. The zero-order chi connectivity index (χ0) is 22.1. The van der Waals surface area contributed by atoms with Gasteiger partial charge in [0.2, 0.25) is 5.91 Å². The highest BCUT2D eigenvalue weighted by Crippen LogP contribution is 2.29. The second kappa shape index (κ2) is 11.6. The molecule has 1 heterocycles. The van der Waals surface area contributed by atoms with Gasteiger partial charge in [0.15, 0.2) is 0 Å². The maximum atomic E-state index is 13.2. The lowest BCUT2D eigenvalue weighted by atomic mass is 9.82. The molecule has 0 bridgehead atoms. The lowest BCUT2D eigenvalue weighted by Crippen LogP contribution is -2.45. The van der Waals surface area contributed by atoms with Crippen LogP contribution in [0, 0.1) is 17.8 Å². The molecule has 2 rings (SSSR count). The molecule has 6 heteroatoms. The van der Waals surface area contributed by atoms with Gasteiger partial charge < -0.3 is 4.74 Å². The van der Waals surface area contributed by atoms with Crippen LogP contribution < -0.4 is 5.43 Å². The van der Waals surface area contributed by atoms with E-state index in [1.165, 1.54) is 0 Å². The summed E-state index contributed by atoms with van der Waals surface area (Å²) in [4.78, 5) is 26.3. The SMILES string of the molecule is CC(C)C[C@@H](C(=O)NN1CCCS1)[C@H](C/C=C/c1ccccc1)C(=O)OC(C)(C)C. The Hall–Kier alpha value is -1.79. The number of hydrogen-bond donors (Lipinski definition) is 1. The molecule has 0 radical (unpaired) electrons. The van der Waals surface area contributed by atoms with Crippen molar-refractivity contribution >= 4 is 29.9 Å². The van der Waals surface area contributed by atoms with Gasteiger partial charge in [0.1, 0.15) is 5.60 Å². The van der Waals surface area contributed by atoms with Gasteiger partial charge >= 0.3 is 5.97 Å². The largest absolute Gasteiger partial charge is 0.460 e. The van der Waals surface area contributed by atoms with E-state index in [0.717, 1.165) is 24.3 Å². The van der Waals surface area contributed by atoms with Gasteiger partial charge in [0.05, 0.1) is 11.8 Å². The topological polar surface area (TPSA) is 58.6 Å². The number of hydrogen-bond acceptors (Lipinski definition) is 5. The van der Waals surface area contributed by atoms with Crippen molar-refractivity contribution in [3.05, 3.63) is 42.0 Å². The summed E-state index contributed by atoms with van der Waals surface area (Å²) in [5.74, 6) is -0.0856. The second-order valence-corrected chi connectivity index (χ2v) is 10.3. The van der Waals surface area contributed by atoms with Gasteiger partial charge in [-0.1, -0.05) is 68.3 Å². The summed E-state index contributed by atoms with van der Waals surface area (Å²) in [5, 5.41) is 0. The van der Waals surface area contributed by atoms with E-state index in [2.05, 4.69) is 19.3 Å². The molecule has 1 fully saturated rings. The van der Waals surface area contributed by atoms with Gasteiger partial charge in [0.25, 0.3) is 0 Å². The molecule has 0 aromatic heterocycles. The zero-order valence-electron chi connectivity index (χ0n) is 18.9. The van der Waals surface area contributed by atoms with E-state index in [-0.39, 0.29) is 17.8 Å². The number of amides is 1. The van der Waals surface area contributed by atoms with Crippen LogP contribution in [0.25, 0.3) is 6.08 Å². The fourth-order valence-electron chi connectivity index (χ4n) is 3.42. The first-order chi connectivity index (χ1) is 14.2. The zero-order valence-corrected chi connectivity index (χ0v) is 19.7. The fourth-order valence-corrected chi connectivity index (χ4v) is 4.31. The summed E-state index contributed by atoms with van der Waals surface area (Å²) in [6, 6.07) is 9.96. The van der Waals surface area contributed by atoms with Crippen molar-refractivity contribution in [1.82, 2.24) is 9.84 Å². The molecule has 0 aliphatic carbocycles. The number of rotatable bonds is 9. The number of carbonyl (C=O) groups is 2. The molecule has 0 spiro atoms. The molecular formula is C24H36N2O3S. The minimum absolute atomic E-state index is 0.0953. The number of hydrazine groups is 1. The number of carbonyl (C=O) groups excluding carboxylic acids is 2. The predicted octanol–water partition coefficient (Wildman–Crippen LogP) is 5.10. The molecule has 1 aliphatic heterocycles. The van der Waals surface area contributed by atoms with Crippen LogP contribution in [0.4, 0.5) is 0 Å². The summed E-state index contributed by atoms with van der Waals surface area (Å²) in [5.41, 5.74) is 3.49. The number of nitrogens with zero attached hydrogens (tertiary/aromatic N) is 1. The van der Waals surface area contributed by atoms with E-state index in [1.54, 1.807) is 11.9 Å². The predicted molar refractivity (Wildman–Crippen MR) is 124 cm³/mol. The molecule has 1 aromatic carbocycles. The normalized spacial score (nSPS) is 17.3. The number of ether oxygens (including phenoxy) is 1. The molecular weight excluding hydrogens is 396 g/mol. The quantitative estimate of drug-likeness (QED) is 0.435. The Labute approximate surface area is 185 Å². The van der Waals surface area contributed by atoms with Crippen LogP contribution in [0.3, 0.4) is 0 Å². The van der Waals surface area contributed by atoms with Crippen LogP contribution in [0.15, 0.2) is 36.4 Å². The first-order valence-corrected chi connectivity index (χ1v) is 11.8. The van der Waals surface area contributed by atoms with Gasteiger partial charge in [-0.2, -0.15) is 4.41 Å². The minimum Gasteiger partial charge on any atom is -0.460 e. The standard InChI is InChI=1S/C24H36N2O3S/c1-18(2)17-21(22(27)25-26-15-10-16-30-26)20(23(28)29-24(3,4)5)14-9-13-19-11-7-6-8-12-19/h6-9,11-13,18,20-21H,10,14-17H2,1-5H3,(H,25,27)/b13-9+/t20-,21+/m0/s1. The van der Waals surface area contributed by atoms with Crippen molar-refractivity contribution < 1.29 is 14.3 Å². The van der Waals surface area contributed by atoms with Gasteiger partial charge in [-0.05, 0) is 51.5 Å². The number of allylic oxidation sites excluding steroid dienone is 1. The van der Waals surface area contributed by atoms with Crippen molar-refractivity contribution in [2.45, 2.75) is 59.5 Å². The van der Waals surface area contributed by atoms with E-state index in [4.69, 9.17) is 4.74 Å². The lowest BCUT2D eigenvalue weighted by Gasteiger charge is -2.30. The maximum absolute atomic E-state index is 13.2. The lowest BCUT2D eigenvalue weighted by molar-refractivity contribution is -0.164. The highest BCUT2D eigenvalue weighted by Gasteiger charge is 2.37. The number of benzene rings is 1. The van der Waals surface area contributed by atoms with Crippen molar-refractivity contribution in [2.75, 3.05) is 12.3 Å². The van der Waals surface area contributed by atoms with Crippen molar-refractivity contribution in [2.24, 2.45) is 17.8 Å². The third-order valence-corrected chi connectivity index (χ3v) is 5.80. The van der Waals surface area contributed by atoms with Gasteiger partial charge in [-0.3, -0.25) is 15.0 Å². The summed E-state index contributed by atoms with van der Waals surface area (Å²) in [6.07, 6.45) is 6.12. The Bertz CT molecular complexity index is 707. The maximum Gasteiger partial charge on any atom is 0.310 e. The number of nitrogens with one attached hydrogen (secondary N) is 1. The van der Waals surface area contributed by atoms with Crippen molar-refractivity contribution in [3.63, 3.8) is 0 Å². The first kappa shape index (κ1) is 24.5. The molecule has 0 saturated carbocycles. The van der Waals surface area contributed by atoms with Gasteiger partial charge in [-0.25, -0.2) is 0 Å². The first-order valence-electron chi connectivity index (χ1n) is 10.8. The molecule has 1 amide bonds. The van der Waals surface area contributed by atoms with Crippen LogP contribution in [-0.4, -0.2) is 34.2 Å². The molecule has 1 saturated heterocycles. The van der Waals surface area contributed by atoms with E-state index >= 15 is 0 Å². The van der Waals surface area contributed by atoms with E-state index in [9.17, 15) is 9.59 Å². The molecule has 1 aliphatic rings. The molecule has 1 aromatic rings. The van der Waals surface area contributed by atoms with E-state index in [0.29, 0.717) is 12.8 Å². The van der Waals surface area contributed by atoms with Crippen LogP contribution in [0.5, 0.6) is 0 Å². The molecule has 166 valence electrons. The van der Waals surface area contributed by atoms with Crippen molar-refractivity contribution in [1.29, 1.82) is 0 Å². The average molecular weight is 433 g/mol. The smallest absolute Gasteiger partial charge is 0.310 e. The van der Waals surface area contributed by atoms with Gasteiger partial charge in [-0.15, -0.1) is 0 Å². The molecule has 5 nitrogen and oxygen atoms in total. The third-order valence-electron chi connectivity index (χ3n) is 4.74. The van der Waals surface area contributed by atoms with Crippen molar-refractivity contribution in [3.8, 4) is 0 Å². The summed E-state index contributed by atoms with van der Waals surface area (Å²) < 4.78 is 7.60. The third kappa shape index (κ3) is 8.52. The minimum atomic E-state index is -0.595. The molecule has 30 heavy (non-hydrogen) atoms. The monoisotopic (exact) mass is 432 g/mol. The highest BCUT2D eigenvalue weighted by molar-refractivity contribution is 7.97. The molecule has 1 N–H and O–H groups in total. The summed E-state index contributed by atoms with van der Waals surface area (Å²) >= 11 is 1.62. The van der Waals surface area contributed by atoms with Crippen LogP contribution in [0.1, 0.15) is 59.4 Å². The average Bonchev–Trinajstić information content (AvgIpc) is 3.16. The van der Waals surface area contributed by atoms with Gasteiger partial charge in [0, 0.05) is 12.3 Å². The fraction of sp³-hybridized carbons (Fsp3) is 0.583. The number of esters is 1. The molecule has 0 unspecified atom stereocenters. The summed E-state index contributed by atoms with van der Waals surface area (Å²) in [7, 11) is 0. The Morgan fingerprint density at radius 1 is 1.20 bits per heavy atom. The Morgan fingerprint density at radius 2 is 1.90 bits per heavy atom. The van der Waals surface area contributed by atoms with E-state index in [1.807, 2.05) is 67.7 Å². The van der Waals surface area contributed by atoms with Crippen LogP contribution in [0.2, 0.25) is 0 Å². The second-order valence-electron chi connectivity index (χ2n) is 9.19.